The Hall–Kier alpha value is -1.90. The lowest BCUT2D eigenvalue weighted by Crippen LogP contribution is -2.42. The van der Waals surface area contributed by atoms with Crippen LogP contribution in [0.25, 0.3) is 0 Å². The molecule has 3 aromatic rings. The summed E-state index contributed by atoms with van der Waals surface area (Å²) in [7, 11) is -3.98. The minimum atomic E-state index is -3.98. The monoisotopic (exact) mass is 580 g/mol. The first-order valence-corrected chi connectivity index (χ1v) is 13.8. The number of nitrogens with one attached hydrogen (secondary N) is 1. The predicted molar refractivity (Wildman–Crippen MR) is 138 cm³/mol. The second-order valence-corrected chi connectivity index (χ2v) is 11.9. The Morgan fingerprint density at radius 1 is 1.06 bits per heavy atom. The number of benzene rings is 3. The van der Waals surface area contributed by atoms with Crippen LogP contribution in [0.4, 0.5) is 0 Å². The van der Waals surface area contributed by atoms with Crippen LogP contribution in [0.5, 0.6) is 0 Å². The molecule has 0 radical (unpaired) electrons. The summed E-state index contributed by atoms with van der Waals surface area (Å²) in [6.45, 7) is -0.404. The third-order valence-electron chi connectivity index (χ3n) is 5.84. The molecule has 1 amide bonds. The smallest absolute Gasteiger partial charge is 0.243 e. The van der Waals surface area contributed by atoms with Crippen molar-refractivity contribution in [2.75, 3.05) is 6.54 Å². The highest BCUT2D eigenvalue weighted by molar-refractivity contribution is 9.10. The molecule has 4 rings (SSSR count). The van der Waals surface area contributed by atoms with Gasteiger partial charge in [0, 0.05) is 21.1 Å². The zero-order valence-corrected chi connectivity index (χ0v) is 22.1. The Kier molecular flexibility index (Phi) is 8.00. The van der Waals surface area contributed by atoms with Gasteiger partial charge in [0.2, 0.25) is 15.9 Å². The fourth-order valence-electron chi connectivity index (χ4n) is 4.13. The summed E-state index contributed by atoms with van der Waals surface area (Å²) in [5, 5.41) is 3.83. The molecule has 0 heterocycles. The Labute approximate surface area is 218 Å². The van der Waals surface area contributed by atoms with E-state index in [4.69, 9.17) is 23.2 Å². The standard InChI is InChI=1S/C25H23BrCl2N2O3S/c26-19-9-12-21(13-10-19)34(32,33)30(15-18-8-11-20(27)14-23(18)28)16-25(31)29-24-7-3-5-17-4-1-2-6-22(17)24/h1-2,4,6,8-14,24H,3,5,7,15-16H2,(H,29,31). The van der Waals surface area contributed by atoms with Crippen LogP contribution in [0, 0.1) is 0 Å². The van der Waals surface area contributed by atoms with Gasteiger partial charge in [-0.2, -0.15) is 4.31 Å². The molecule has 0 saturated carbocycles. The van der Waals surface area contributed by atoms with Gasteiger partial charge < -0.3 is 5.32 Å². The topological polar surface area (TPSA) is 66.5 Å². The van der Waals surface area contributed by atoms with Gasteiger partial charge in [-0.25, -0.2) is 8.42 Å². The van der Waals surface area contributed by atoms with E-state index in [1.54, 1.807) is 30.3 Å². The molecule has 1 aliphatic carbocycles. The van der Waals surface area contributed by atoms with E-state index in [2.05, 4.69) is 27.3 Å². The summed E-state index contributed by atoms with van der Waals surface area (Å²) in [4.78, 5) is 13.2. The van der Waals surface area contributed by atoms with Gasteiger partial charge in [-0.1, -0.05) is 69.5 Å². The van der Waals surface area contributed by atoms with Gasteiger partial charge in [-0.3, -0.25) is 4.79 Å². The van der Waals surface area contributed by atoms with Gasteiger partial charge in [0.1, 0.15) is 0 Å². The molecular formula is C25H23BrCl2N2O3S. The SMILES string of the molecule is O=C(CN(Cc1ccc(Cl)cc1Cl)S(=O)(=O)c1ccc(Br)cc1)NC1CCCc2ccccc21. The number of halogens is 3. The van der Waals surface area contributed by atoms with Gasteiger partial charge in [0.25, 0.3) is 0 Å². The molecule has 1 N–H and O–H groups in total. The number of amides is 1. The zero-order chi connectivity index (χ0) is 24.3. The lowest BCUT2D eigenvalue weighted by Gasteiger charge is -2.28. The van der Waals surface area contributed by atoms with Crippen LogP contribution < -0.4 is 5.32 Å². The van der Waals surface area contributed by atoms with Crippen molar-refractivity contribution >= 4 is 55.1 Å². The van der Waals surface area contributed by atoms with E-state index in [-0.39, 0.29) is 29.9 Å². The largest absolute Gasteiger partial charge is 0.348 e. The molecule has 0 saturated heterocycles. The number of rotatable bonds is 7. The fourth-order valence-corrected chi connectivity index (χ4v) is 6.23. The Bertz CT molecular complexity index is 1300. The van der Waals surface area contributed by atoms with Crippen LogP contribution >= 0.6 is 39.1 Å². The number of carbonyl (C=O) groups excluding carboxylic acids is 1. The second-order valence-electron chi connectivity index (χ2n) is 8.17. The number of sulfonamides is 1. The van der Waals surface area contributed by atoms with E-state index >= 15 is 0 Å². The Morgan fingerprint density at radius 2 is 1.79 bits per heavy atom. The number of hydrogen-bond acceptors (Lipinski definition) is 3. The Morgan fingerprint density at radius 3 is 2.53 bits per heavy atom. The number of nitrogens with zero attached hydrogens (tertiary/aromatic N) is 1. The average Bonchev–Trinajstić information content (AvgIpc) is 2.81. The summed E-state index contributed by atoms with van der Waals surface area (Å²) in [5.41, 5.74) is 2.86. The molecule has 0 fully saturated rings. The molecule has 5 nitrogen and oxygen atoms in total. The van der Waals surface area contributed by atoms with E-state index in [1.165, 1.54) is 17.7 Å². The normalized spacial score (nSPS) is 15.7. The maximum atomic E-state index is 13.5. The zero-order valence-electron chi connectivity index (χ0n) is 18.2. The first-order valence-electron chi connectivity index (χ1n) is 10.8. The van der Waals surface area contributed by atoms with Crippen molar-refractivity contribution in [1.29, 1.82) is 0 Å². The average molecular weight is 582 g/mol. The molecule has 34 heavy (non-hydrogen) atoms. The molecule has 178 valence electrons. The van der Waals surface area contributed by atoms with Gasteiger partial charge in [-0.05, 0) is 72.4 Å². The van der Waals surface area contributed by atoms with Crippen molar-refractivity contribution < 1.29 is 13.2 Å². The predicted octanol–water partition coefficient (Wildman–Crippen LogP) is 6.14. The summed E-state index contributed by atoms with van der Waals surface area (Å²) in [6.07, 6.45) is 2.75. The molecule has 3 aromatic carbocycles. The van der Waals surface area contributed by atoms with Gasteiger partial charge >= 0.3 is 0 Å². The molecule has 1 atom stereocenters. The summed E-state index contributed by atoms with van der Waals surface area (Å²) < 4.78 is 28.9. The first kappa shape index (κ1) is 25.2. The number of carbonyl (C=O) groups is 1. The van der Waals surface area contributed by atoms with E-state index < -0.39 is 10.0 Å². The molecule has 0 bridgehead atoms. The van der Waals surface area contributed by atoms with E-state index in [9.17, 15) is 13.2 Å². The van der Waals surface area contributed by atoms with E-state index in [1.807, 2.05) is 18.2 Å². The van der Waals surface area contributed by atoms with Crippen LogP contribution in [-0.2, 0) is 27.8 Å². The molecule has 1 unspecified atom stereocenters. The van der Waals surface area contributed by atoms with Crippen molar-refractivity contribution in [2.24, 2.45) is 0 Å². The summed E-state index contributed by atoms with van der Waals surface area (Å²) in [6, 6.07) is 19.1. The molecule has 0 aliphatic heterocycles. The minimum absolute atomic E-state index is 0.0664. The highest BCUT2D eigenvalue weighted by atomic mass is 79.9. The maximum Gasteiger partial charge on any atom is 0.243 e. The third kappa shape index (κ3) is 5.83. The third-order valence-corrected chi connectivity index (χ3v) is 8.76. The van der Waals surface area contributed by atoms with Crippen molar-refractivity contribution in [1.82, 2.24) is 9.62 Å². The molecule has 9 heteroatoms. The summed E-state index contributed by atoms with van der Waals surface area (Å²) >= 11 is 15.7. The van der Waals surface area contributed by atoms with Crippen LogP contribution in [-0.4, -0.2) is 25.2 Å². The lowest BCUT2D eigenvalue weighted by molar-refractivity contribution is -0.122. The van der Waals surface area contributed by atoms with Crippen LogP contribution in [0.2, 0.25) is 10.0 Å². The minimum Gasteiger partial charge on any atom is -0.348 e. The Balaban J connectivity index is 1.60. The van der Waals surface area contributed by atoms with Crippen LogP contribution in [0.3, 0.4) is 0 Å². The van der Waals surface area contributed by atoms with Gasteiger partial charge in [-0.15, -0.1) is 0 Å². The van der Waals surface area contributed by atoms with E-state index in [0.29, 0.717) is 15.6 Å². The fraction of sp³-hybridized carbons (Fsp3) is 0.240. The van der Waals surface area contributed by atoms with Gasteiger partial charge in [0.05, 0.1) is 17.5 Å². The van der Waals surface area contributed by atoms with Crippen LogP contribution in [0.15, 0.2) is 76.1 Å². The molecule has 1 aliphatic rings. The van der Waals surface area contributed by atoms with Gasteiger partial charge in [0.15, 0.2) is 0 Å². The quantitative estimate of drug-likeness (QED) is 0.364. The highest BCUT2D eigenvalue weighted by Crippen LogP contribution is 2.30. The molecule has 0 aromatic heterocycles. The van der Waals surface area contributed by atoms with Crippen molar-refractivity contribution in [3.8, 4) is 0 Å². The van der Waals surface area contributed by atoms with Crippen molar-refractivity contribution in [3.63, 3.8) is 0 Å². The molecular weight excluding hydrogens is 559 g/mol. The second kappa shape index (κ2) is 10.8. The maximum absolute atomic E-state index is 13.5. The van der Waals surface area contributed by atoms with Crippen molar-refractivity contribution in [3.05, 3.63) is 97.9 Å². The van der Waals surface area contributed by atoms with Crippen LogP contribution in [0.1, 0.15) is 35.6 Å². The van der Waals surface area contributed by atoms with E-state index in [0.717, 1.165) is 33.6 Å². The van der Waals surface area contributed by atoms with Crippen molar-refractivity contribution in [2.45, 2.75) is 36.7 Å². The lowest BCUT2D eigenvalue weighted by atomic mass is 9.88. The number of fused-ring (bicyclic) bond motifs is 1. The first-order chi connectivity index (χ1) is 16.2. The highest BCUT2D eigenvalue weighted by Gasteiger charge is 2.29. The molecule has 0 spiro atoms. The summed E-state index contributed by atoms with van der Waals surface area (Å²) in [5.74, 6) is -0.368. The number of aryl methyl sites for hydroxylation is 1. The number of hydrogen-bond donors (Lipinski definition) is 1.